The summed E-state index contributed by atoms with van der Waals surface area (Å²) in [6.07, 6.45) is 2.36. The lowest BCUT2D eigenvalue weighted by atomic mass is 9.85. The molecule has 0 amide bonds. The highest BCUT2D eigenvalue weighted by atomic mass is 16.6. The van der Waals surface area contributed by atoms with Gasteiger partial charge >= 0.3 is 5.97 Å². The van der Waals surface area contributed by atoms with Gasteiger partial charge in [0, 0.05) is 22.9 Å². The van der Waals surface area contributed by atoms with Crippen LogP contribution in [0.2, 0.25) is 0 Å². The largest absolute Gasteiger partial charge is 0.486 e. The molecule has 0 radical (unpaired) electrons. The molecule has 5 nitrogen and oxygen atoms in total. The minimum absolute atomic E-state index is 0.144. The number of hydrogen-bond donors (Lipinski definition) is 1. The number of nitrogens with one attached hydrogen (secondary N) is 1. The maximum absolute atomic E-state index is 11.8. The molecule has 0 aromatic heterocycles. The summed E-state index contributed by atoms with van der Waals surface area (Å²) >= 11 is 0. The molecule has 22 heavy (non-hydrogen) atoms. The molecule has 0 saturated heterocycles. The van der Waals surface area contributed by atoms with E-state index in [2.05, 4.69) is 19.2 Å². The van der Waals surface area contributed by atoms with Crippen LogP contribution in [0.3, 0.4) is 0 Å². The molecule has 0 saturated carbocycles. The quantitative estimate of drug-likeness (QED) is 0.671. The van der Waals surface area contributed by atoms with E-state index in [0.29, 0.717) is 19.8 Å². The topological polar surface area (TPSA) is 56.8 Å². The molecule has 0 fully saturated rings. The number of ether oxygens (including phenoxy) is 3. The summed E-state index contributed by atoms with van der Waals surface area (Å²) in [7, 11) is 0. The van der Waals surface area contributed by atoms with Gasteiger partial charge in [0.2, 0.25) is 0 Å². The maximum atomic E-state index is 11.8. The van der Waals surface area contributed by atoms with Crippen LogP contribution in [0, 0.1) is 0 Å². The molecular weight excluding hydrogens is 282 g/mol. The van der Waals surface area contributed by atoms with Crippen molar-refractivity contribution in [3.05, 3.63) is 29.3 Å². The summed E-state index contributed by atoms with van der Waals surface area (Å²) in [5, 5.41) is 3.41. The van der Waals surface area contributed by atoms with Gasteiger partial charge < -0.3 is 19.5 Å². The van der Waals surface area contributed by atoms with Crippen molar-refractivity contribution < 1.29 is 19.0 Å². The Balaban J connectivity index is 2.05. The highest BCUT2D eigenvalue weighted by molar-refractivity contribution is 5.92. The summed E-state index contributed by atoms with van der Waals surface area (Å²) in [4.78, 5) is 11.8. The van der Waals surface area contributed by atoms with Gasteiger partial charge in [0.25, 0.3) is 0 Å². The molecule has 0 atom stereocenters. The van der Waals surface area contributed by atoms with Gasteiger partial charge in [-0.2, -0.15) is 0 Å². The van der Waals surface area contributed by atoms with E-state index in [4.69, 9.17) is 14.2 Å². The minimum Gasteiger partial charge on any atom is -0.486 e. The average Bonchev–Trinajstić information content (AvgIpc) is 2.44. The second kappa shape index (κ2) is 5.55. The van der Waals surface area contributed by atoms with Crippen LogP contribution in [0.4, 0.5) is 0 Å². The fourth-order valence-corrected chi connectivity index (χ4v) is 2.90. The molecule has 1 aromatic carbocycles. The second-order valence-electron chi connectivity index (χ2n) is 6.15. The Bertz CT molecular complexity index is 634. The summed E-state index contributed by atoms with van der Waals surface area (Å²) in [5.41, 5.74) is 2.73. The Hall–Kier alpha value is -2.17. The van der Waals surface area contributed by atoms with E-state index < -0.39 is 0 Å². The van der Waals surface area contributed by atoms with Crippen molar-refractivity contribution in [2.24, 2.45) is 0 Å². The van der Waals surface area contributed by atoms with Gasteiger partial charge in [-0.25, -0.2) is 4.79 Å². The van der Waals surface area contributed by atoms with Gasteiger partial charge in [0.05, 0.1) is 6.61 Å². The third-order valence-electron chi connectivity index (χ3n) is 3.71. The first-order valence-corrected chi connectivity index (χ1v) is 7.58. The SMILES string of the molecule is CCOC(=O)C=C1NC(C)(C)Cc2cc3c(cc21)OCCO3. The molecule has 0 aliphatic carbocycles. The lowest BCUT2D eigenvalue weighted by molar-refractivity contribution is -0.137. The summed E-state index contributed by atoms with van der Waals surface area (Å²) in [5.74, 6) is 1.16. The molecule has 2 heterocycles. The van der Waals surface area contributed by atoms with E-state index in [0.717, 1.165) is 34.7 Å². The standard InChI is InChI=1S/C17H21NO4/c1-4-20-16(19)9-13-12-8-15-14(21-5-6-22-15)7-11(12)10-17(2,3)18-13/h7-9,18H,4-6,10H2,1-3H3. The zero-order valence-electron chi connectivity index (χ0n) is 13.2. The third kappa shape index (κ3) is 2.89. The van der Waals surface area contributed by atoms with E-state index in [1.807, 2.05) is 12.1 Å². The van der Waals surface area contributed by atoms with Gasteiger partial charge in [-0.15, -0.1) is 0 Å². The number of fused-ring (bicyclic) bond motifs is 2. The molecule has 0 spiro atoms. The number of hydrogen-bond acceptors (Lipinski definition) is 5. The van der Waals surface area contributed by atoms with Crippen molar-refractivity contribution in [2.75, 3.05) is 19.8 Å². The van der Waals surface area contributed by atoms with Crippen molar-refractivity contribution >= 4 is 11.7 Å². The van der Waals surface area contributed by atoms with E-state index in [9.17, 15) is 4.79 Å². The number of benzene rings is 1. The average molecular weight is 303 g/mol. The molecule has 3 rings (SSSR count). The van der Waals surface area contributed by atoms with Crippen LogP contribution in [-0.2, 0) is 16.0 Å². The second-order valence-corrected chi connectivity index (χ2v) is 6.15. The number of carbonyl (C=O) groups is 1. The highest BCUT2D eigenvalue weighted by Gasteiger charge is 2.30. The van der Waals surface area contributed by atoms with E-state index in [-0.39, 0.29) is 11.5 Å². The summed E-state index contributed by atoms with van der Waals surface area (Å²) in [6, 6.07) is 3.96. The van der Waals surface area contributed by atoms with Gasteiger partial charge in [-0.3, -0.25) is 0 Å². The fourth-order valence-electron chi connectivity index (χ4n) is 2.90. The molecular formula is C17H21NO4. The normalized spacial score (nSPS) is 20.0. The van der Waals surface area contributed by atoms with Gasteiger partial charge in [0.1, 0.15) is 13.2 Å². The number of carbonyl (C=O) groups excluding carboxylic acids is 1. The predicted octanol–water partition coefficient (Wildman–Crippen LogP) is 2.29. The van der Waals surface area contributed by atoms with Crippen LogP contribution in [0.15, 0.2) is 18.2 Å². The zero-order valence-corrected chi connectivity index (χ0v) is 13.2. The first-order valence-electron chi connectivity index (χ1n) is 7.58. The Morgan fingerprint density at radius 2 is 2.00 bits per heavy atom. The maximum Gasteiger partial charge on any atom is 0.332 e. The fraction of sp³-hybridized carbons (Fsp3) is 0.471. The van der Waals surface area contributed by atoms with Crippen LogP contribution in [0.1, 0.15) is 31.9 Å². The van der Waals surface area contributed by atoms with Crippen molar-refractivity contribution in [1.82, 2.24) is 5.32 Å². The smallest absolute Gasteiger partial charge is 0.332 e. The van der Waals surface area contributed by atoms with E-state index in [1.54, 1.807) is 6.92 Å². The Labute approximate surface area is 130 Å². The summed E-state index contributed by atoms with van der Waals surface area (Å²) in [6.45, 7) is 7.47. The molecule has 2 aliphatic rings. The predicted molar refractivity (Wildman–Crippen MR) is 83.0 cm³/mol. The summed E-state index contributed by atoms with van der Waals surface area (Å²) < 4.78 is 16.3. The first-order chi connectivity index (χ1) is 10.5. The molecule has 1 N–H and O–H groups in total. The van der Waals surface area contributed by atoms with E-state index in [1.165, 1.54) is 6.08 Å². The van der Waals surface area contributed by atoms with Gasteiger partial charge in [-0.05, 0) is 44.9 Å². The van der Waals surface area contributed by atoms with Gasteiger partial charge in [0.15, 0.2) is 11.5 Å². The lowest BCUT2D eigenvalue weighted by Crippen LogP contribution is -2.44. The van der Waals surface area contributed by atoms with Gasteiger partial charge in [-0.1, -0.05) is 0 Å². The molecule has 1 aromatic rings. The molecule has 0 unspecified atom stereocenters. The van der Waals surface area contributed by atoms with Crippen LogP contribution in [0.5, 0.6) is 11.5 Å². The number of rotatable bonds is 2. The van der Waals surface area contributed by atoms with Crippen LogP contribution in [-0.4, -0.2) is 31.3 Å². The van der Waals surface area contributed by atoms with Crippen molar-refractivity contribution in [3.63, 3.8) is 0 Å². The molecule has 5 heteroatoms. The first kappa shape index (κ1) is 14.8. The Morgan fingerprint density at radius 3 is 2.68 bits per heavy atom. The van der Waals surface area contributed by atoms with Crippen LogP contribution >= 0.6 is 0 Å². The molecule has 0 bridgehead atoms. The van der Waals surface area contributed by atoms with Crippen molar-refractivity contribution in [2.45, 2.75) is 32.7 Å². The Morgan fingerprint density at radius 1 is 1.32 bits per heavy atom. The van der Waals surface area contributed by atoms with Crippen LogP contribution in [0.25, 0.3) is 5.70 Å². The minimum atomic E-state index is -0.344. The zero-order chi connectivity index (χ0) is 15.7. The highest BCUT2D eigenvalue weighted by Crippen LogP contribution is 2.39. The van der Waals surface area contributed by atoms with Crippen LogP contribution < -0.4 is 14.8 Å². The van der Waals surface area contributed by atoms with E-state index >= 15 is 0 Å². The Kier molecular flexibility index (Phi) is 3.72. The molecule has 2 aliphatic heterocycles. The van der Waals surface area contributed by atoms with Crippen molar-refractivity contribution in [1.29, 1.82) is 0 Å². The molecule has 118 valence electrons. The number of esters is 1. The van der Waals surface area contributed by atoms with Crippen molar-refractivity contribution in [3.8, 4) is 11.5 Å². The lowest BCUT2D eigenvalue weighted by Gasteiger charge is -2.36. The third-order valence-corrected chi connectivity index (χ3v) is 3.71. The monoisotopic (exact) mass is 303 g/mol.